The smallest absolute Gasteiger partial charge is 0.164 e. The van der Waals surface area contributed by atoms with Gasteiger partial charge in [-0.25, -0.2) is 15.0 Å². The molecule has 0 aliphatic heterocycles. The highest BCUT2D eigenvalue weighted by Crippen LogP contribution is 2.41. The second-order valence-corrected chi connectivity index (χ2v) is 11.3. The third-order valence-electron chi connectivity index (χ3n) is 8.54. The Bertz CT molecular complexity index is 2490. The standard InChI is InChI=1S/C40H26N4O/c1-25-21-23-27(24-22-25)39-41-38(26-11-3-2-4-12-26)42-40(43-39)31-16-10-20-35-36(31)30-15-9-19-34(37(30)45-35)44-32-17-7-5-13-28(32)29-14-6-8-18-33(29)44/h2-24H,1H3. The molecule has 0 amide bonds. The summed E-state index contributed by atoms with van der Waals surface area (Å²) in [6.45, 7) is 2.08. The van der Waals surface area contributed by atoms with E-state index in [1.807, 2.05) is 42.5 Å². The lowest BCUT2D eigenvalue weighted by atomic mass is 10.0. The Labute approximate surface area is 259 Å². The van der Waals surface area contributed by atoms with Gasteiger partial charge < -0.3 is 8.98 Å². The number of aromatic nitrogens is 4. The topological polar surface area (TPSA) is 56.7 Å². The number of furan rings is 1. The number of nitrogens with zero attached hydrogens (tertiary/aromatic N) is 4. The van der Waals surface area contributed by atoms with Gasteiger partial charge in [0.15, 0.2) is 23.1 Å². The number of fused-ring (bicyclic) bond motifs is 6. The SMILES string of the molecule is Cc1ccc(-c2nc(-c3ccccc3)nc(-c3cccc4oc5c(-n6c7ccccc7c7ccccc76)cccc5c34)n2)cc1. The van der Waals surface area contributed by atoms with Crippen LogP contribution < -0.4 is 0 Å². The van der Waals surface area contributed by atoms with Crippen LogP contribution in [0.1, 0.15) is 5.56 Å². The predicted octanol–water partition coefficient (Wildman–Crippen LogP) is 10.2. The molecule has 3 heterocycles. The van der Waals surface area contributed by atoms with E-state index in [9.17, 15) is 0 Å². The summed E-state index contributed by atoms with van der Waals surface area (Å²) in [6.07, 6.45) is 0. The van der Waals surface area contributed by atoms with Gasteiger partial charge >= 0.3 is 0 Å². The molecule has 0 saturated heterocycles. The van der Waals surface area contributed by atoms with Crippen LogP contribution in [0.5, 0.6) is 0 Å². The van der Waals surface area contributed by atoms with Crippen LogP contribution >= 0.6 is 0 Å². The minimum atomic E-state index is 0.606. The summed E-state index contributed by atoms with van der Waals surface area (Å²) in [6, 6.07) is 47.9. The molecule has 0 N–H and O–H groups in total. The predicted molar refractivity (Wildman–Crippen MR) is 182 cm³/mol. The Morgan fingerprint density at radius 3 is 1.78 bits per heavy atom. The highest BCUT2D eigenvalue weighted by Gasteiger charge is 2.21. The third kappa shape index (κ3) is 4.05. The van der Waals surface area contributed by atoms with E-state index in [0.717, 1.165) is 55.3 Å². The van der Waals surface area contributed by atoms with Crippen LogP contribution in [0.3, 0.4) is 0 Å². The largest absolute Gasteiger partial charge is 0.454 e. The molecule has 0 radical (unpaired) electrons. The maximum absolute atomic E-state index is 6.72. The van der Waals surface area contributed by atoms with E-state index >= 15 is 0 Å². The van der Waals surface area contributed by atoms with Gasteiger partial charge in [0.05, 0.1) is 16.7 Å². The Hall–Kier alpha value is -6.07. The lowest BCUT2D eigenvalue weighted by molar-refractivity contribution is 0.666. The normalized spacial score (nSPS) is 11.7. The van der Waals surface area contributed by atoms with Crippen molar-refractivity contribution in [3.63, 3.8) is 0 Å². The Morgan fingerprint density at radius 1 is 0.489 bits per heavy atom. The molecule has 0 unspecified atom stereocenters. The molecule has 9 aromatic rings. The molecule has 0 spiro atoms. The van der Waals surface area contributed by atoms with E-state index in [1.165, 1.54) is 16.3 Å². The summed E-state index contributed by atoms with van der Waals surface area (Å²) in [5.41, 5.74) is 8.85. The van der Waals surface area contributed by atoms with Gasteiger partial charge in [0.25, 0.3) is 0 Å². The van der Waals surface area contributed by atoms with E-state index in [2.05, 4.69) is 109 Å². The van der Waals surface area contributed by atoms with Crippen LogP contribution in [-0.2, 0) is 0 Å². The number of hydrogen-bond donors (Lipinski definition) is 0. The van der Waals surface area contributed by atoms with Crippen molar-refractivity contribution in [3.05, 3.63) is 145 Å². The van der Waals surface area contributed by atoms with Crippen molar-refractivity contribution in [2.75, 3.05) is 0 Å². The van der Waals surface area contributed by atoms with Crippen LogP contribution in [0.2, 0.25) is 0 Å². The van der Waals surface area contributed by atoms with E-state index in [1.54, 1.807) is 0 Å². The highest BCUT2D eigenvalue weighted by atomic mass is 16.3. The van der Waals surface area contributed by atoms with Gasteiger partial charge in [-0.05, 0) is 31.2 Å². The van der Waals surface area contributed by atoms with Gasteiger partial charge in [-0.2, -0.15) is 0 Å². The zero-order valence-corrected chi connectivity index (χ0v) is 24.5. The molecule has 0 bridgehead atoms. The van der Waals surface area contributed by atoms with E-state index in [4.69, 9.17) is 19.4 Å². The van der Waals surface area contributed by atoms with Gasteiger partial charge in [-0.3, -0.25) is 0 Å². The molecule has 0 atom stereocenters. The van der Waals surface area contributed by atoms with Gasteiger partial charge in [0.2, 0.25) is 0 Å². The Kier molecular flexibility index (Phi) is 5.65. The second kappa shape index (κ2) is 10.00. The molecule has 45 heavy (non-hydrogen) atoms. The fraction of sp³-hybridized carbons (Fsp3) is 0.0250. The van der Waals surface area contributed by atoms with Crippen LogP contribution in [0.15, 0.2) is 144 Å². The van der Waals surface area contributed by atoms with Gasteiger partial charge in [0.1, 0.15) is 5.58 Å². The first-order valence-corrected chi connectivity index (χ1v) is 15.0. The average Bonchev–Trinajstić information content (AvgIpc) is 3.65. The Balaban J connectivity index is 1.32. The summed E-state index contributed by atoms with van der Waals surface area (Å²) in [5.74, 6) is 1.87. The fourth-order valence-corrected chi connectivity index (χ4v) is 6.42. The minimum absolute atomic E-state index is 0.606. The number of rotatable bonds is 4. The first-order valence-electron chi connectivity index (χ1n) is 15.0. The molecule has 9 rings (SSSR count). The molecule has 6 aromatic carbocycles. The summed E-state index contributed by atoms with van der Waals surface area (Å²) >= 11 is 0. The van der Waals surface area contributed by atoms with E-state index in [-0.39, 0.29) is 0 Å². The highest BCUT2D eigenvalue weighted by molar-refractivity contribution is 6.15. The summed E-state index contributed by atoms with van der Waals surface area (Å²) < 4.78 is 9.02. The van der Waals surface area contributed by atoms with Crippen molar-refractivity contribution in [2.45, 2.75) is 6.92 Å². The van der Waals surface area contributed by atoms with Crippen molar-refractivity contribution < 1.29 is 4.42 Å². The van der Waals surface area contributed by atoms with Gasteiger partial charge in [0, 0.05) is 38.2 Å². The number of para-hydroxylation sites is 3. The average molecular weight is 579 g/mol. The Morgan fingerprint density at radius 2 is 1.07 bits per heavy atom. The lowest BCUT2D eigenvalue weighted by Crippen LogP contribution is -2.00. The fourth-order valence-electron chi connectivity index (χ4n) is 6.42. The number of hydrogen-bond acceptors (Lipinski definition) is 4. The van der Waals surface area contributed by atoms with Crippen LogP contribution in [0, 0.1) is 6.92 Å². The lowest BCUT2D eigenvalue weighted by Gasteiger charge is -2.10. The summed E-state index contributed by atoms with van der Waals surface area (Å²) in [5, 5.41) is 4.42. The zero-order chi connectivity index (χ0) is 29.9. The molecule has 5 heteroatoms. The first-order chi connectivity index (χ1) is 22.2. The molecule has 0 aliphatic carbocycles. The van der Waals surface area contributed by atoms with Crippen LogP contribution in [-0.4, -0.2) is 19.5 Å². The maximum atomic E-state index is 6.72. The molecule has 0 fully saturated rings. The van der Waals surface area contributed by atoms with Crippen LogP contribution in [0.25, 0.3) is 83.6 Å². The number of benzene rings is 6. The van der Waals surface area contributed by atoms with Crippen LogP contribution in [0.4, 0.5) is 0 Å². The maximum Gasteiger partial charge on any atom is 0.164 e. The molecule has 3 aromatic heterocycles. The van der Waals surface area contributed by atoms with Crippen molar-refractivity contribution in [1.29, 1.82) is 0 Å². The quantitative estimate of drug-likeness (QED) is 0.208. The summed E-state index contributed by atoms with van der Waals surface area (Å²) in [4.78, 5) is 15.0. The van der Waals surface area contributed by atoms with Crippen molar-refractivity contribution in [1.82, 2.24) is 19.5 Å². The number of aryl methyl sites for hydroxylation is 1. The van der Waals surface area contributed by atoms with Crippen molar-refractivity contribution in [3.8, 4) is 39.9 Å². The zero-order valence-electron chi connectivity index (χ0n) is 24.5. The minimum Gasteiger partial charge on any atom is -0.454 e. The molecule has 5 nitrogen and oxygen atoms in total. The molecule has 0 saturated carbocycles. The molecular weight excluding hydrogens is 552 g/mol. The van der Waals surface area contributed by atoms with Gasteiger partial charge in [-0.15, -0.1) is 0 Å². The van der Waals surface area contributed by atoms with E-state index < -0.39 is 0 Å². The van der Waals surface area contributed by atoms with Gasteiger partial charge in [-0.1, -0.05) is 121 Å². The van der Waals surface area contributed by atoms with Crippen molar-refractivity contribution >= 4 is 43.7 Å². The molecule has 0 aliphatic rings. The van der Waals surface area contributed by atoms with Crippen molar-refractivity contribution in [2.24, 2.45) is 0 Å². The van der Waals surface area contributed by atoms with E-state index in [0.29, 0.717) is 17.5 Å². The second-order valence-electron chi connectivity index (χ2n) is 11.3. The monoisotopic (exact) mass is 578 g/mol. The first kappa shape index (κ1) is 25.4. The summed E-state index contributed by atoms with van der Waals surface area (Å²) in [7, 11) is 0. The third-order valence-corrected chi connectivity index (χ3v) is 8.54. The molecular formula is C40H26N4O. The molecule has 212 valence electrons.